The number of rotatable bonds is 3. The third kappa shape index (κ3) is 3.12. The number of pyridine rings is 1. The standard InChI is InChI=1S/C11H8ClN3O3S/c1-5-4-7(16)15-11(14-5)19-9-8(12)6(10(17)18)2-3-13-9/h2-4H,1H3,(H,17,18)(H,14,15,16). The van der Waals surface area contributed by atoms with Gasteiger partial charge in [0.1, 0.15) is 5.03 Å². The molecule has 0 radical (unpaired) electrons. The van der Waals surface area contributed by atoms with Gasteiger partial charge in [-0.3, -0.25) is 4.79 Å². The molecule has 19 heavy (non-hydrogen) atoms. The summed E-state index contributed by atoms with van der Waals surface area (Å²) >= 11 is 6.95. The molecule has 2 rings (SSSR count). The van der Waals surface area contributed by atoms with Crippen molar-refractivity contribution in [3.05, 3.63) is 45.0 Å². The van der Waals surface area contributed by atoms with Crippen LogP contribution in [-0.2, 0) is 0 Å². The molecule has 0 aromatic carbocycles. The van der Waals surface area contributed by atoms with Crippen molar-refractivity contribution >= 4 is 29.3 Å². The summed E-state index contributed by atoms with van der Waals surface area (Å²) in [5.74, 6) is -1.14. The first-order chi connectivity index (χ1) is 8.97. The van der Waals surface area contributed by atoms with Crippen LogP contribution in [-0.4, -0.2) is 26.0 Å². The van der Waals surface area contributed by atoms with Crippen molar-refractivity contribution < 1.29 is 9.90 Å². The Morgan fingerprint density at radius 1 is 1.53 bits per heavy atom. The van der Waals surface area contributed by atoms with Gasteiger partial charge in [0, 0.05) is 18.0 Å². The van der Waals surface area contributed by atoms with E-state index in [1.54, 1.807) is 6.92 Å². The Balaban J connectivity index is 2.41. The molecule has 0 saturated heterocycles. The van der Waals surface area contributed by atoms with Crippen molar-refractivity contribution in [2.45, 2.75) is 17.1 Å². The van der Waals surface area contributed by atoms with Crippen molar-refractivity contribution in [3.8, 4) is 0 Å². The number of H-pyrrole nitrogens is 1. The lowest BCUT2D eigenvalue weighted by Crippen LogP contribution is -2.08. The summed E-state index contributed by atoms with van der Waals surface area (Å²) in [6.45, 7) is 1.68. The van der Waals surface area contributed by atoms with Gasteiger partial charge in [-0.25, -0.2) is 14.8 Å². The maximum atomic E-state index is 11.3. The smallest absolute Gasteiger partial charge is 0.337 e. The van der Waals surface area contributed by atoms with E-state index in [9.17, 15) is 9.59 Å². The van der Waals surface area contributed by atoms with E-state index in [0.29, 0.717) is 10.9 Å². The molecule has 0 spiro atoms. The molecule has 0 aliphatic heterocycles. The number of aryl methyl sites for hydroxylation is 1. The maximum Gasteiger partial charge on any atom is 0.337 e. The Bertz CT molecular complexity index is 702. The van der Waals surface area contributed by atoms with Gasteiger partial charge in [-0.05, 0) is 24.8 Å². The molecule has 0 fully saturated rings. The first-order valence-corrected chi connectivity index (χ1v) is 6.30. The molecule has 0 saturated carbocycles. The number of carboxylic acid groups (broad SMARTS) is 1. The van der Waals surface area contributed by atoms with Crippen LogP contribution in [0.25, 0.3) is 0 Å². The van der Waals surface area contributed by atoms with E-state index in [4.69, 9.17) is 16.7 Å². The van der Waals surface area contributed by atoms with Crippen molar-refractivity contribution in [1.82, 2.24) is 15.0 Å². The zero-order valence-corrected chi connectivity index (χ0v) is 11.2. The number of hydrogen-bond donors (Lipinski definition) is 2. The van der Waals surface area contributed by atoms with Gasteiger partial charge >= 0.3 is 5.97 Å². The molecule has 0 aliphatic rings. The van der Waals surface area contributed by atoms with E-state index in [-0.39, 0.29) is 21.2 Å². The zero-order valence-electron chi connectivity index (χ0n) is 9.68. The van der Waals surface area contributed by atoms with Crippen LogP contribution in [0.3, 0.4) is 0 Å². The van der Waals surface area contributed by atoms with Gasteiger partial charge in [0.05, 0.1) is 10.6 Å². The van der Waals surface area contributed by atoms with E-state index in [1.807, 2.05) is 0 Å². The number of nitrogens with one attached hydrogen (secondary N) is 1. The van der Waals surface area contributed by atoms with Crippen molar-refractivity contribution in [1.29, 1.82) is 0 Å². The van der Waals surface area contributed by atoms with Gasteiger partial charge < -0.3 is 10.1 Å². The Labute approximate surface area is 116 Å². The fraction of sp³-hybridized carbons (Fsp3) is 0.0909. The SMILES string of the molecule is Cc1cc(=O)[nH]c(Sc2nccc(C(=O)O)c2Cl)n1. The van der Waals surface area contributed by atoms with Gasteiger partial charge in [-0.15, -0.1) is 0 Å². The topological polar surface area (TPSA) is 95.9 Å². The van der Waals surface area contributed by atoms with Crippen LogP contribution in [0.15, 0.2) is 33.3 Å². The first kappa shape index (κ1) is 13.6. The number of hydrogen-bond acceptors (Lipinski definition) is 5. The molecule has 2 aromatic heterocycles. The summed E-state index contributed by atoms with van der Waals surface area (Å²) in [6.07, 6.45) is 1.34. The Hall–Kier alpha value is -1.86. The number of nitrogens with zero attached hydrogens (tertiary/aromatic N) is 2. The fourth-order valence-electron chi connectivity index (χ4n) is 1.35. The molecule has 8 heteroatoms. The van der Waals surface area contributed by atoms with Gasteiger partial charge in [0.2, 0.25) is 0 Å². The van der Waals surface area contributed by atoms with E-state index >= 15 is 0 Å². The van der Waals surface area contributed by atoms with Gasteiger partial charge in [0.25, 0.3) is 5.56 Å². The minimum atomic E-state index is -1.14. The second-order valence-corrected chi connectivity index (χ2v) is 4.93. The monoisotopic (exact) mass is 297 g/mol. The van der Waals surface area contributed by atoms with Crippen molar-refractivity contribution in [3.63, 3.8) is 0 Å². The molecular formula is C11H8ClN3O3S. The number of aromatic carboxylic acids is 1. The van der Waals surface area contributed by atoms with Crippen LogP contribution in [0, 0.1) is 6.92 Å². The second kappa shape index (κ2) is 5.41. The van der Waals surface area contributed by atoms with Crippen molar-refractivity contribution in [2.75, 3.05) is 0 Å². The molecule has 2 aromatic rings. The Kier molecular flexibility index (Phi) is 3.87. The molecule has 0 unspecified atom stereocenters. The molecular weight excluding hydrogens is 290 g/mol. The molecule has 0 amide bonds. The highest BCUT2D eigenvalue weighted by molar-refractivity contribution is 7.99. The van der Waals surface area contributed by atoms with Crippen LogP contribution in [0.2, 0.25) is 5.02 Å². The Morgan fingerprint density at radius 3 is 2.89 bits per heavy atom. The van der Waals surface area contributed by atoms with Crippen LogP contribution < -0.4 is 5.56 Å². The average Bonchev–Trinajstić information content (AvgIpc) is 2.30. The lowest BCUT2D eigenvalue weighted by molar-refractivity contribution is 0.0696. The quantitative estimate of drug-likeness (QED) is 0.841. The minimum Gasteiger partial charge on any atom is -0.478 e. The number of carbonyl (C=O) groups is 1. The van der Waals surface area contributed by atoms with Crippen LogP contribution in [0.1, 0.15) is 16.1 Å². The third-order valence-electron chi connectivity index (χ3n) is 2.13. The van der Waals surface area contributed by atoms with Crippen LogP contribution in [0.4, 0.5) is 0 Å². The molecule has 0 aliphatic carbocycles. The van der Waals surface area contributed by atoms with E-state index in [2.05, 4.69) is 15.0 Å². The van der Waals surface area contributed by atoms with Crippen molar-refractivity contribution in [2.24, 2.45) is 0 Å². The number of aromatic amines is 1. The highest BCUT2D eigenvalue weighted by atomic mass is 35.5. The second-order valence-electron chi connectivity index (χ2n) is 3.58. The summed E-state index contributed by atoms with van der Waals surface area (Å²) < 4.78 is 0. The molecule has 2 heterocycles. The van der Waals surface area contributed by atoms with E-state index in [1.165, 1.54) is 18.3 Å². The van der Waals surface area contributed by atoms with Crippen LogP contribution in [0.5, 0.6) is 0 Å². The highest BCUT2D eigenvalue weighted by Gasteiger charge is 2.15. The lowest BCUT2D eigenvalue weighted by atomic mass is 10.3. The third-order valence-corrected chi connectivity index (χ3v) is 3.51. The summed E-state index contributed by atoms with van der Waals surface area (Å²) in [5.41, 5.74) is 0.214. The molecule has 0 atom stereocenters. The van der Waals surface area contributed by atoms with Gasteiger partial charge in [-0.1, -0.05) is 11.6 Å². The average molecular weight is 298 g/mol. The summed E-state index contributed by atoms with van der Waals surface area (Å²) in [6, 6.07) is 2.66. The molecule has 2 N–H and O–H groups in total. The number of aromatic nitrogens is 3. The molecule has 6 nitrogen and oxygen atoms in total. The normalized spacial score (nSPS) is 10.4. The largest absolute Gasteiger partial charge is 0.478 e. The zero-order chi connectivity index (χ0) is 14.0. The summed E-state index contributed by atoms with van der Waals surface area (Å²) in [7, 11) is 0. The van der Waals surface area contributed by atoms with E-state index in [0.717, 1.165) is 11.8 Å². The first-order valence-electron chi connectivity index (χ1n) is 5.11. The lowest BCUT2D eigenvalue weighted by Gasteiger charge is -2.05. The number of halogens is 1. The maximum absolute atomic E-state index is 11.3. The minimum absolute atomic E-state index is 0.0177. The van der Waals surface area contributed by atoms with Crippen LogP contribution >= 0.6 is 23.4 Å². The molecule has 0 bridgehead atoms. The molecule has 98 valence electrons. The highest BCUT2D eigenvalue weighted by Crippen LogP contribution is 2.31. The number of carboxylic acids is 1. The van der Waals surface area contributed by atoms with Gasteiger partial charge in [-0.2, -0.15) is 0 Å². The van der Waals surface area contributed by atoms with E-state index < -0.39 is 5.97 Å². The summed E-state index contributed by atoms with van der Waals surface area (Å²) in [4.78, 5) is 32.9. The predicted molar refractivity (Wildman–Crippen MR) is 69.9 cm³/mol. The fourth-order valence-corrected chi connectivity index (χ4v) is 2.50. The summed E-state index contributed by atoms with van der Waals surface area (Å²) in [5, 5.41) is 9.55. The van der Waals surface area contributed by atoms with Gasteiger partial charge in [0.15, 0.2) is 5.16 Å². The predicted octanol–water partition coefficient (Wildman–Crippen LogP) is 1.98. The Morgan fingerprint density at radius 2 is 2.26 bits per heavy atom.